The topological polar surface area (TPSA) is 61.4 Å². The van der Waals surface area contributed by atoms with Crippen molar-refractivity contribution in [3.8, 4) is 5.75 Å². The Bertz CT molecular complexity index is 517. The summed E-state index contributed by atoms with van der Waals surface area (Å²) in [6.45, 7) is 4.05. The van der Waals surface area contributed by atoms with Crippen molar-refractivity contribution in [1.29, 1.82) is 0 Å². The fourth-order valence-corrected chi connectivity index (χ4v) is 2.19. The molecule has 2 heterocycles. The number of rotatable bonds is 2. The van der Waals surface area contributed by atoms with Gasteiger partial charge in [0, 0.05) is 25.2 Å². The summed E-state index contributed by atoms with van der Waals surface area (Å²) >= 11 is 0. The van der Waals surface area contributed by atoms with E-state index in [1.165, 1.54) is 0 Å². The number of aromatic nitrogens is 2. The van der Waals surface area contributed by atoms with Gasteiger partial charge in [-0.15, -0.1) is 0 Å². The highest BCUT2D eigenvalue weighted by molar-refractivity contribution is 5.80. The summed E-state index contributed by atoms with van der Waals surface area (Å²) in [7, 11) is 0. The normalized spacial score (nSPS) is 17.6. The van der Waals surface area contributed by atoms with Crippen LogP contribution in [0.1, 0.15) is 5.56 Å². The van der Waals surface area contributed by atoms with Gasteiger partial charge in [0.25, 0.3) is 0 Å². The van der Waals surface area contributed by atoms with E-state index in [1.807, 2.05) is 6.07 Å². The SMILES string of the molecule is Oc1ccc2[nH]cnc2c1CN1CCOCC1. The number of H-pyrrole nitrogens is 1. The van der Waals surface area contributed by atoms with Crippen LogP contribution in [0.4, 0.5) is 0 Å². The van der Waals surface area contributed by atoms with Crippen molar-refractivity contribution in [2.75, 3.05) is 26.3 Å². The van der Waals surface area contributed by atoms with E-state index >= 15 is 0 Å². The molecule has 0 unspecified atom stereocenters. The van der Waals surface area contributed by atoms with E-state index in [0.29, 0.717) is 5.75 Å². The average Bonchev–Trinajstić information content (AvgIpc) is 2.83. The second-order valence-corrected chi connectivity index (χ2v) is 4.25. The van der Waals surface area contributed by atoms with Gasteiger partial charge in [0.15, 0.2) is 0 Å². The summed E-state index contributed by atoms with van der Waals surface area (Å²) in [6.07, 6.45) is 1.66. The molecule has 2 N–H and O–H groups in total. The van der Waals surface area contributed by atoms with Gasteiger partial charge in [0.05, 0.1) is 30.6 Å². The number of imidazole rings is 1. The molecule has 1 saturated heterocycles. The van der Waals surface area contributed by atoms with Crippen LogP contribution in [0, 0.1) is 0 Å². The van der Waals surface area contributed by atoms with E-state index in [9.17, 15) is 5.11 Å². The highest BCUT2D eigenvalue weighted by Crippen LogP contribution is 2.26. The van der Waals surface area contributed by atoms with Gasteiger partial charge in [-0.05, 0) is 12.1 Å². The number of hydrogen-bond donors (Lipinski definition) is 2. The van der Waals surface area contributed by atoms with Crippen LogP contribution in [0.25, 0.3) is 11.0 Å². The van der Waals surface area contributed by atoms with Crippen molar-refractivity contribution in [2.24, 2.45) is 0 Å². The van der Waals surface area contributed by atoms with Crippen molar-refractivity contribution in [2.45, 2.75) is 6.54 Å². The van der Waals surface area contributed by atoms with Crippen LogP contribution in [-0.2, 0) is 11.3 Å². The molecule has 2 aromatic rings. The second-order valence-electron chi connectivity index (χ2n) is 4.25. The molecule has 0 spiro atoms. The maximum absolute atomic E-state index is 9.95. The van der Waals surface area contributed by atoms with Gasteiger partial charge in [-0.25, -0.2) is 4.98 Å². The number of nitrogens with zero attached hydrogens (tertiary/aromatic N) is 2. The predicted molar refractivity (Wildman–Crippen MR) is 63.9 cm³/mol. The third-order valence-corrected chi connectivity index (χ3v) is 3.16. The van der Waals surface area contributed by atoms with Crippen LogP contribution in [0.3, 0.4) is 0 Å². The van der Waals surface area contributed by atoms with Gasteiger partial charge in [-0.3, -0.25) is 4.90 Å². The van der Waals surface area contributed by atoms with Crippen LogP contribution >= 0.6 is 0 Å². The van der Waals surface area contributed by atoms with E-state index in [-0.39, 0.29) is 0 Å². The molecule has 1 fully saturated rings. The highest BCUT2D eigenvalue weighted by Gasteiger charge is 2.15. The second kappa shape index (κ2) is 4.35. The van der Waals surface area contributed by atoms with E-state index in [0.717, 1.165) is 49.4 Å². The van der Waals surface area contributed by atoms with Gasteiger partial charge in [-0.2, -0.15) is 0 Å². The molecule has 0 atom stereocenters. The van der Waals surface area contributed by atoms with Gasteiger partial charge >= 0.3 is 0 Å². The molecular formula is C12H15N3O2. The molecule has 0 aliphatic carbocycles. The number of benzene rings is 1. The zero-order valence-electron chi connectivity index (χ0n) is 9.52. The lowest BCUT2D eigenvalue weighted by Crippen LogP contribution is -2.35. The molecule has 0 radical (unpaired) electrons. The Kier molecular flexibility index (Phi) is 2.70. The third kappa shape index (κ3) is 1.99. The van der Waals surface area contributed by atoms with Crippen molar-refractivity contribution in [3.63, 3.8) is 0 Å². The number of morpholine rings is 1. The minimum Gasteiger partial charge on any atom is -0.508 e. The number of nitrogens with one attached hydrogen (secondary N) is 1. The lowest BCUT2D eigenvalue weighted by molar-refractivity contribution is 0.0340. The number of phenols is 1. The quantitative estimate of drug-likeness (QED) is 0.815. The molecule has 17 heavy (non-hydrogen) atoms. The van der Waals surface area contributed by atoms with Gasteiger partial charge < -0.3 is 14.8 Å². The smallest absolute Gasteiger partial charge is 0.122 e. The van der Waals surface area contributed by atoms with Crippen molar-refractivity contribution in [3.05, 3.63) is 24.0 Å². The standard InChI is InChI=1S/C12H15N3O2/c16-11-2-1-10-12(14-8-13-10)9(11)7-15-3-5-17-6-4-15/h1-2,8,16H,3-7H2,(H,13,14). The molecule has 1 aromatic heterocycles. The number of fused-ring (bicyclic) bond motifs is 1. The van der Waals surface area contributed by atoms with Crippen LogP contribution in [-0.4, -0.2) is 46.3 Å². The lowest BCUT2D eigenvalue weighted by atomic mass is 10.1. The van der Waals surface area contributed by atoms with E-state index in [4.69, 9.17) is 4.74 Å². The molecule has 5 heteroatoms. The third-order valence-electron chi connectivity index (χ3n) is 3.16. The molecule has 1 aliphatic rings. The van der Waals surface area contributed by atoms with E-state index in [2.05, 4.69) is 14.9 Å². The fraction of sp³-hybridized carbons (Fsp3) is 0.417. The number of aromatic amines is 1. The Hall–Kier alpha value is -1.59. The summed E-state index contributed by atoms with van der Waals surface area (Å²) in [4.78, 5) is 9.60. The summed E-state index contributed by atoms with van der Waals surface area (Å²) < 4.78 is 5.31. The van der Waals surface area contributed by atoms with Crippen LogP contribution < -0.4 is 0 Å². The molecule has 1 aliphatic heterocycles. The van der Waals surface area contributed by atoms with Crippen LogP contribution in [0.2, 0.25) is 0 Å². The minimum atomic E-state index is 0.316. The number of phenolic OH excluding ortho intramolecular Hbond substituents is 1. The van der Waals surface area contributed by atoms with E-state index in [1.54, 1.807) is 12.4 Å². The zero-order chi connectivity index (χ0) is 11.7. The minimum absolute atomic E-state index is 0.316. The van der Waals surface area contributed by atoms with Crippen molar-refractivity contribution in [1.82, 2.24) is 14.9 Å². The Morgan fingerprint density at radius 1 is 1.35 bits per heavy atom. The molecule has 0 bridgehead atoms. The molecular weight excluding hydrogens is 218 g/mol. The van der Waals surface area contributed by atoms with Crippen LogP contribution in [0.5, 0.6) is 5.75 Å². The molecule has 1 aromatic carbocycles. The summed E-state index contributed by atoms with van der Waals surface area (Å²) in [6, 6.07) is 3.57. The van der Waals surface area contributed by atoms with Gasteiger partial charge in [-0.1, -0.05) is 0 Å². The average molecular weight is 233 g/mol. The first-order chi connectivity index (χ1) is 8.34. The first kappa shape index (κ1) is 10.6. The first-order valence-corrected chi connectivity index (χ1v) is 5.78. The van der Waals surface area contributed by atoms with Crippen molar-refractivity contribution >= 4 is 11.0 Å². The monoisotopic (exact) mass is 233 g/mol. The largest absolute Gasteiger partial charge is 0.508 e. The zero-order valence-corrected chi connectivity index (χ0v) is 9.52. The summed E-state index contributed by atoms with van der Waals surface area (Å²) in [5.41, 5.74) is 2.72. The molecule has 90 valence electrons. The number of hydrogen-bond acceptors (Lipinski definition) is 4. The summed E-state index contributed by atoms with van der Waals surface area (Å²) in [5, 5.41) is 9.95. The Morgan fingerprint density at radius 3 is 3.00 bits per heavy atom. The number of aromatic hydroxyl groups is 1. The first-order valence-electron chi connectivity index (χ1n) is 5.78. The Morgan fingerprint density at radius 2 is 2.18 bits per heavy atom. The van der Waals surface area contributed by atoms with Crippen LogP contribution in [0.15, 0.2) is 18.5 Å². The maximum Gasteiger partial charge on any atom is 0.122 e. The summed E-state index contributed by atoms with van der Waals surface area (Å²) in [5.74, 6) is 0.316. The Balaban J connectivity index is 1.92. The Labute approximate surface area is 99.0 Å². The predicted octanol–water partition coefficient (Wildman–Crippen LogP) is 1.10. The lowest BCUT2D eigenvalue weighted by Gasteiger charge is -2.26. The highest BCUT2D eigenvalue weighted by atomic mass is 16.5. The number of ether oxygens (including phenoxy) is 1. The molecule has 3 rings (SSSR count). The van der Waals surface area contributed by atoms with E-state index < -0.39 is 0 Å². The fourth-order valence-electron chi connectivity index (χ4n) is 2.19. The molecule has 5 nitrogen and oxygen atoms in total. The van der Waals surface area contributed by atoms with Gasteiger partial charge in [0.2, 0.25) is 0 Å². The van der Waals surface area contributed by atoms with Gasteiger partial charge in [0.1, 0.15) is 5.75 Å². The van der Waals surface area contributed by atoms with Crippen molar-refractivity contribution < 1.29 is 9.84 Å². The molecule has 0 saturated carbocycles. The molecule has 0 amide bonds. The maximum atomic E-state index is 9.95.